The minimum atomic E-state index is -0.241. The Morgan fingerprint density at radius 2 is 2.12 bits per heavy atom. The molecular formula is C19H24N4O3. The number of morpholine rings is 1. The first-order valence-electron chi connectivity index (χ1n) is 8.96. The van der Waals surface area contributed by atoms with Crippen molar-refractivity contribution in [2.45, 2.75) is 19.4 Å². The van der Waals surface area contributed by atoms with Crippen LogP contribution in [0.2, 0.25) is 0 Å². The van der Waals surface area contributed by atoms with E-state index < -0.39 is 0 Å². The number of nitrogens with one attached hydrogen (secondary N) is 1. The van der Waals surface area contributed by atoms with Crippen molar-refractivity contribution in [1.82, 2.24) is 15.1 Å². The fraction of sp³-hybridized carbons (Fsp3) is 0.526. The maximum Gasteiger partial charge on any atom is 0.251 e. The molecule has 0 saturated carbocycles. The quantitative estimate of drug-likeness (QED) is 0.832. The number of hydrogen-bond acceptors (Lipinski definition) is 5. The van der Waals surface area contributed by atoms with Gasteiger partial charge in [-0.3, -0.25) is 14.5 Å². The van der Waals surface area contributed by atoms with Gasteiger partial charge < -0.3 is 15.0 Å². The molecule has 0 bridgehead atoms. The smallest absolute Gasteiger partial charge is 0.251 e. The maximum atomic E-state index is 12.4. The number of rotatable bonds is 5. The summed E-state index contributed by atoms with van der Waals surface area (Å²) in [7, 11) is 0. The highest BCUT2D eigenvalue weighted by Gasteiger charge is 2.31. The molecule has 0 aromatic heterocycles. The van der Waals surface area contributed by atoms with Crippen molar-refractivity contribution in [2.75, 3.05) is 45.9 Å². The second-order valence-electron chi connectivity index (χ2n) is 6.81. The molecule has 2 aliphatic rings. The second kappa shape index (κ2) is 8.30. The molecule has 3 rings (SSSR count). The maximum absolute atomic E-state index is 12.4. The zero-order chi connectivity index (χ0) is 18.5. The van der Waals surface area contributed by atoms with Crippen LogP contribution in [0.4, 0.5) is 0 Å². The fourth-order valence-corrected chi connectivity index (χ4v) is 3.32. The van der Waals surface area contributed by atoms with E-state index in [9.17, 15) is 9.59 Å². The van der Waals surface area contributed by atoms with E-state index in [1.54, 1.807) is 18.2 Å². The summed E-state index contributed by atoms with van der Waals surface area (Å²) in [6, 6.07) is 6.97. The van der Waals surface area contributed by atoms with Crippen LogP contribution in [0.25, 0.3) is 0 Å². The fourth-order valence-electron chi connectivity index (χ4n) is 3.32. The lowest BCUT2D eigenvalue weighted by Gasteiger charge is -2.28. The zero-order valence-corrected chi connectivity index (χ0v) is 15.0. The van der Waals surface area contributed by atoms with E-state index in [1.807, 2.05) is 11.8 Å². The van der Waals surface area contributed by atoms with Gasteiger partial charge in [0.05, 0.1) is 30.9 Å². The Balaban J connectivity index is 1.52. The molecule has 2 aliphatic heterocycles. The lowest BCUT2D eigenvalue weighted by atomic mass is 10.1. The van der Waals surface area contributed by atoms with Crippen LogP contribution in [-0.2, 0) is 9.53 Å². The molecule has 2 heterocycles. The molecule has 2 fully saturated rings. The first kappa shape index (κ1) is 18.4. The van der Waals surface area contributed by atoms with Crippen molar-refractivity contribution in [2.24, 2.45) is 0 Å². The molecule has 138 valence electrons. The Bertz CT molecular complexity index is 722. The Labute approximate surface area is 153 Å². The van der Waals surface area contributed by atoms with Gasteiger partial charge in [-0.1, -0.05) is 6.07 Å². The van der Waals surface area contributed by atoms with Gasteiger partial charge in [0.2, 0.25) is 5.91 Å². The molecule has 0 spiro atoms. The van der Waals surface area contributed by atoms with Gasteiger partial charge in [-0.05, 0) is 24.6 Å². The third-order valence-electron chi connectivity index (χ3n) is 4.96. The lowest BCUT2D eigenvalue weighted by Crippen LogP contribution is -2.42. The largest absolute Gasteiger partial charge is 0.379 e. The number of likely N-dealkylation sites (tertiary alicyclic amines) is 1. The monoisotopic (exact) mass is 356 g/mol. The average Bonchev–Trinajstić information content (AvgIpc) is 3.00. The topological polar surface area (TPSA) is 85.7 Å². The molecule has 7 nitrogen and oxygen atoms in total. The van der Waals surface area contributed by atoms with Crippen LogP contribution in [-0.4, -0.2) is 73.6 Å². The summed E-state index contributed by atoms with van der Waals surface area (Å²) in [6.45, 7) is 7.16. The summed E-state index contributed by atoms with van der Waals surface area (Å²) in [5.41, 5.74) is 1.79. The molecule has 26 heavy (non-hydrogen) atoms. The third-order valence-corrected chi connectivity index (χ3v) is 4.96. The summed E-state index contributed by atoms with van der Waals surface area (Å²) in [6.07, 6.45) is 0.325. The van der Waals surface area contributed by atoms with Crippen molar-refractivity contribution in [1.29, 1.82) is 5.26 Å². The number of nitrogens with zero attached hydrogens (tertiary/aromatic N) is 3. The number of carbonyl (C=O) groups is 2. The van der Waals surface area contributed by atoms with Gasteiger partial charge in [-0.15, -0.1) is 0 Å². The van der Waals surface area contributed by atoms with Crippen LogP contribution in [0.1, 0.15) is 27.9 Å². The number of ether oxygens (including phenoxy) is 1. The summed E-state index contributed by atoms with van der Waals surface area (Å²) in [4.78, 5) is 28.7. The van der Waals surface area contributed by atoms with E-state index in [0.717, 1.165) is 38.4 Å². The minimum absolute atomic E-state index is 0.0742. The number of aryl methyl sites for hydroxylation is 1. The van der Waals surface area contributed by atoms with Crippen LogP contribution in [0.5, 0.6) is 0 Å². The molecule has 7 heteroatoms. The highest BCUT2D eigenvalue weighted by Crippen LogP contribution is 2.14. The SMILES string of the molecule is Cc1ccc(C(=O)NC2CC(=O)N(CCN3CCOCC3)C2)cc1C#N. The van der Waals surface area contributed by atoms with Gasteiger partial charge in [-0.2, -0.15) is 5.26 Å². The molecule has 1 unspecified atom stereocenters. The Kier molecular flexibility index (Phi) is 5.86. The molecular weight excluding hydrogens is 332 g/mol. The first-order valence-corrected chi connectivity index (χ1v) is 8.96. The molecule has 1 aromatic rings. The van der Waals surface area contributed by atoms with Crippen molar-refractivity contribution >= 4 is 11.8 Å². The Morgan fingerprint density at radius 3 is 2.85 bits per heavy atom. The van der Waals surface area contributed by atoms with E-state index in [1.165, 1.54) is 0 Å². The summed E-state index contributed by atoms with van der Waals surface area (Å²) < 4.78 is 5.33. The van der Waals surface area contributed by atoms with Gasteiger partial charge in [-0.25, -0.2) is 0 Å². The minimum Gasteiger partial charge on any atom is -0.379 e. The highest BCUT2D eigenvalue weighted by atomic mass is 16.5. The Morgan fingerprint density at radius 1 is 1.35 bits per heavy atom. The standard InChI is InChI=1S/C19H24N4O3/c1-14-2-3-15(10-16(14)12-20)19(25)21-17-11-18(24)23(13-17)5-4-22-6-8-26-9-7-22/h2-3,10,17H,4-9,11,13H2,1H3,(H,21,25). The third kappa shape index (κ3) is 4.40. The summed E-state index contributed by atoms with van der Waals surface area (Å²) in [5, 5.41) is 12.0. The molecule has 1 atom stereocenters. The molecule has 2 amide bonds. The van der Waals surface area contributed by atoms with Crippen molar-refractivity contribution in [3.63, 3.8) is 0 Å². The van der Waals surface area contributed by atoms with Crippen LogP contribution < -0.4 is 5.32 Å². The van der Waals surface area contributed by atoms with Gasteiger partial charge >= 0.3 is 0 Å². The predicted octanol–water partition coefficient (Wildman–Crippen LogP) is 0.530. The number of amides is 2. The van der Waals surface area contributed by atoms with Gasteiger partial charge in [0.15, 0.2) is 0 Å². The number of nitriles is 1. The second-order valence-corrected chi connectivity index (χ2v) is 6.81. The zero-order valence-electron chi connectivity index (χ0n) is 15.0. The highest BCUT2D eigenvalue weighted by molar-refractivity contribution is 5.95. The number of benzene rings is 1. The van der Waals surface area contributed by atoms with Gasteiger partial charge in [0.1, 0.15) is 0 Å². The van der Waals surface area contributed by atoms with Crippen molar-refractivity contribution < 1.29 is 14.3 Å². The predicted molar refractivity (Wildman–Crippen MR) is 95.6 cm³/mol. The van der Waals surface area contributed by atoms with E-state index in [-0.39, 0.29) is 17.9 Å². The average molecular weight is 356 g/mol. The summed E-state index contributed by atoms with van der Waals surface area (Å²) in [5.74, 6) is -0.167. The van der Waals surface area contributed by atoms with E-state index in [0.29, 0.717) is 30.6 Å². The van der Waals surface area contributed by atoms with Gasteiger partial charge in [0, 0.05) is 44.7 Å². The van der Waals surface area contributed by atoms with Crippen LogP contribution in [0.15, 0.2) is 18.2 Å². The first-order chi connectivity index (χ1) is 12.6. The van der Waals surface area contributed by atoms with Crippen LogP contribution in [0, 0.1) is 18.3 Å². The van der Waals surface area contributed by atoms with E-state index >= 15 is 0 Å². The molecule has 2 saturated heterocycles. The van der Waals surface area contributed by atoms with Gasteiger partial charge in [0.25, 0.3) is 5.91 Å². The number of carbonyl (C=O) groups excluding carboxylic acids is 2. The molecule has 1 aromatic carbocycles. The molecule has 0 aliphatic carbocycles. The number of hydrogen-bond donors (Lipinski definition) is 1. The normalized spacial score (nSPS) is 20.8. The molecule has 1 N–H and O–H groups in total. The van der Waals surface area contributed by atoms with Crippen LogP contribution >= 0.6 is 0 Å². The van der Waals surface area contributed by atoms with E-state index in [2.05, 4.69) is 16.3 Å². The lowest BCUT2D eigenvalue weighted by molar-refractivity contribution is -0.128. The van der Waals surface area contributed by atoms with E-state index in [4.69, 9.17) is 10.00 Å². The van der Waals surface area contributed by atoms with Crippen molar-refractivity contribution in [3.8, 4) is 6.07 Å². The van der Waals surface area contributed by atoms with Crippen molar-refractivity contribution in [3.05, 3.63) is 34.9 Å². The van der Waals surface area contributed by atoms with Crippen LogP contribution in [0.3, 0.4) is 0 Å². The molecule has 0 radical (unpaired) electrons. The Hall–Kier alpha value is -2.43. The summed E-state index contributed by atoms with van der Waals surface area (Å²) >= 11 is 0.